The zero-order valence-electron chi connectivity index (χ0n) is 14.9. The van der Waals surface area contributed by atoms with Crippen molar-refractivity contribution in [2.75, 3.05) is 23.7 Å². The molecule has 0 saturated carbocycles. The van der Waals surface area contributed by atoms with E-state index >= 15 is 0 Å². The van der Waals surface area contributed by atoms with Crippen LogP contribution in [0.5, 0.6) is 5.75 Å². The van der Waals surface area contributed by atoms with Crippen LogP contribution in [0.4, 0.5) is 5.69 Å². The van der Waals surface area contributed by atoms with Crippen molar-refractivity contribution < 1.29 is 17.9 Å². The third-order valence-electron chi connectivity index (χ3n) is 3.52. The summed E-state index contributed by atoms with van der Waals surface area (Å²) < 4.78 is 30.6. The van der Waals surface area contributed by atoms with Crippen LogP contribution in [0, 0.1) is 0 Å². The third-order valence-corrected chi connectivity index (χ3v) is 5.10. The first-order valence-electron chi connectivity index (χ1n) is 8.11. The average Bonchev–Trinajstić information content (AvgIpc) is 2.56. The Morgan fingerprint density at radius 2 is 1.81 bits per heavy atom. The standard InChI is InChI=1S/C18H20Cl2N2O4S/c1-3-26-17-6-4-5-13(7-17)11-21-18(23)12-22(27(2,24)25)16-9-14(19)8-15(20)10-16/h4-10H,3,11-12H2,1-2H3,(H,21,23). The van der Waals surface area contributed by atoms with Crippen LogP contribution < -0.4 is 14.4 Å². The van der Waals surface area contributed by atoms with E-state index in [1.54, 1.807) is 0 Å². The zero-order chi connectivity index (χ0) is 20.0. The van der Waals surface area contributed by atoms with Crippen LogP contribution in [0.2, 0.25) is 10.0 Å². The second-order valence-electron chi connectivity index (χ2n) is 5.75. The number of amides is 1. The minimum absolute atomic E-state index is 0.225. The van der Waals surface area contributed by atoms with Crippen molar-refractivity contribution >= 4 is 44.8 Å². The van der Waals surface area contributed by atoms with Crippen molar-refractivity contribution in [3.05, 3.63) is 58.1 Å². The van der Waals surface area contributed by atoms with Crippen LogP contribution in [-0.4, -0.2) is 33.7 Å². The lowest BCUT2D eigenvalue weighted by Crippen LogP contribution is -2.40. The van der Waals surface area contributed by atoms with Gasteiger partial charge in [-0.05, 0) is 42.8 Å². The summed E-state index contributed by atoms with van der Waals surface area (Å²) in [6.07, 6.45) is 1.01. The molecule has 1 N–H and O–H groups in total. The van der Waals surface area contributed by atoms with E-state index in [0.717, 1.165) is 16.1 Å². The summed E-state index contributed by atoms with van der Waals surface area (Å²) in [5, 5.41) is 3.26. The van der Waals surface area contributed by atoms with Crippen molar-refractivity contribution in [1.82, 2.24) is 5.32 Å². The summed E-state index contributed by atoms with van der Waals surface area (Å²) in [4.78, 5) is 12.3. The van der Waals surface area contributed by atoms with Gasteiger partial charge in [0.05, 0.1) is 18.6 Å². The molecule has 0 aromatic heterocycles. The van der Waals surface area contributed by atoms with E-state index < -0.39 is 15.9 Å². The van der Waals surface area contributed by atoms with Crippen molar-refractivity contribution in [1.29, 1.82) is 0 Å². The number of rotatable bonds is 8. The number of halogens is 2. The van der Waals surface area contributed by atoms with Crippen molar-refractivity contribution in [2.24, 2.45) is 0 Å². The Hall–Kier alpha value is -1.96. The summed E-state index contributed by atoms with van der Waals surface area (Å²) in [5.74, 6) is 0.244. The van der Waals surface area contributed by atoms with Gasteiger partial charge in [0.2, 0.25) is 15.9 Å². The maximum absolute atomic E-state index is 12.3. The second kappa shape index (κ2) is 9.30. The molecule has 1 amide bonds. The van der Waals surface area contributed by atoms with Gasteiger partial charge in [-0.2, -0.15) is 0 Å². The second-order valence-corrected chi connectivity index (χ2v) is 8.53. The van der Waals surface area contributed by atoms with Crippen LogP contribution in [0.1, 0.15) is 12.5 Å². The molecule has 2 rings (SSSR count). The van der Waals surface area contributed by atoms with Crippen molar-refractivity contribution in [2.45, 2.75) is 13.5 Å². The monoisotopic (exact) mass is 430 g/mol. The lowest BCUT2D eigenvalue weighted by molar-refractivity contribution is -0.119. The number of hydrogen-bond donors (Lipinski definition) is 1. The highest BCUT2D eigenvalue weighted by atomic mass is 35.5. The van der Waals surface area contributed by atoms with Crippen LogP contribution in [0.15, 0.2) is 42.5 Å². The fraction of sp³-hybridized carbons (Fsp3) is 0.278. The van der Waals surface area contributed by atoms with E-state index in [4.69, 9.17) is 27.9 Å². The smallest absolute Gasteiger partial charge is 0.241 e. The molecule has 0 bridgehead atoms. The van der Waals surface area contributed by atoms with Crippen molar-refractivity contribution in [3.63, 3.8) is 0 Å². The number of anilines is 1. The van der Waals surface area contributed by atoms with Gasteiger partial charge in [0, 0.05) is 16.6 Å². The van der Waals surface area contributed by atoms with Gasteiger partial charge in [-0.25, -0.2) is 8.42 Å². The van der Waals surface area contributed by atoms with Gasteiger partial charge in [0.1, 0.15) is 12.3 Å². The first-order chi connectivity index (χ1) is 12.7. The van der Waals surface area contributed by atoms with E-state index in [0.29, 0.717) is 12.4 Å². The van der Waals surface area contributed by atoms with Gasteiger partial charge < -0.3 is 10.1 Å². The molecule has 0 aliphatic heterocycles. The zero-order valence-corrected chi connectivity index (χ0v) is 17.2. The Balaban J connectivity index is 2.09. The molecule has 0 aliphatic carbocycles. The Labute approximate surface area is 169 Å². The van der Waals surface area contributed by atoms with Gasteiger partial charge in [0.25, 0.3) is 0 Å². The number of nitrogens with one attached hydrogen (secondary N) is 1. The molecule has 0 spiro atoms. The average molecular weight is 431 g/mol. The number of benzene rings is 2. The molecule has 6 nitrogen and oxygen atoms in total. The fourth-order valence-electron chi connectivity index (χ4n) is 2.38. The number of nitrogens with zero attached hydrogens (tertiary/aromatic N) is 1. The lowest BCUT2D eigenvalue weighted by Gasteiger charge is -2.22. The Kier molecular flexibility index (Phi) is 7.35. The predicted molar refractivity (Wildman–Crippen MR) is 108 cm³/mol. The fourth-order valence-corrected chi connectivity index (χ4v) is 3.74. The largest absolute Gasteiger partial charge is 0.494 e. The van der Waals surface area contributed by atoms with Crippen LogP contribution in [0.25, 0.3) is 0 Å². The molecular formula is C18H20Cl2N2O4S. The minimum Gasteiger partial charge on any atom is -0.494 e. The first kappa shape index (κ1) is 21.3. The van der Waals surface area contributed by atoms with E-state index in [2.05, 4.69) is 5.32 Å². The predicted octanol–water partition coefficient (Wildman–Crippen LogP) is 3.47. The molecule has 0 saturated heterocycles. The molecule has 2 aromatic carbocycles. The Morgan fingerprint density at radius 3 is 2.41 bits per heavy atom. The summed E-state index contributed by atoms with van der Waals surface area (Å²) in [5.41, 5.74) is 1.06. The number of carbonyl (C=O) groups is 1. The van der Waals surface area contributed by atoms with Crippen LogP contribution >= 0.6 is 23.2 Å². The summed E-state index contributed by atoms with van der Waals surface area (Å²) in [6.45, 7) is 2.28. The molecule has 146 valence electrons. The molecule has 27 heavy (non-hydrogen) atoms. The Bertz CT molecular complexity index is 899. The number of carbonyl (C=O) groups excluding carboxylic acids is 1. The first-order valence-corrected chi connectivity index (χ1v) is 10.7. The summed E-state index contributed by atoms with van der Waals surface area (Å²) in [6, 6.07) is 11.7. The highest BCUT2D eigenvalue weighted by molar-refractivity contribution is 7.92. The van der Waals surface area contributed by atoms with Gasteiger partial charge in [-0.1, -0.05) is 35.3 Å². The van der Waals surface area contributed by atoms with E-state index in [1.165, 1.54) is 18.2 Å². The molecule has 9 heteroatoms. The maximum Gasteiger partial charge on any atom is 0.241 e. The van der Waals surface area contributed by atoms with Gasteiger partial charge >= 0.3 is 0 Å². The number of hydrogen-bond acceptors (Lipinski definition) is 4. The summed E-state index contributed by atoms with van der Waals surface area (Å²) >= 11 is 11.9. The topological polar surface area (TPSA) is 75.7 Å². The van der Waals surface area contributed by atoms with E-state index in [9.17, 15) is 13.2 Å². The summed E-state index contributed by atoms with van der Waals surface area (Å²) in [7, 11) is -3.71. The lowest BCUT2D eigenvalue weighted by atomic mass is 10.2. The normalized spacial score (nSPS) is 11.1. The number of sulfonamides is 1. The molecule has 0 heterocycles. The quantitative estimate of drug-likeness (QED) is 0.695. The molecule has 0 radical (unpaired) electrons. The third kappa shape index (κ3) is 6.61. The van der Waals surface area contributed by atoms with Gasteiger partial charge in [0.15, 0.2) is 0 Å². The van der Waals surface area contributed by atoms with Crippen LogP contribution in [-0.2, 0) is 21.4 Å². The molecule has 0 aliphatic rings. The van der Waals surface area contributed by atoms with E-state index in [-0.39, 0.29) is 28.8 Å². The highest BCUT2D eigenvalue weighted by Gasteiger charge is 2.21. The highest BCUT2D eigenvalue weighted by Crippen LogP contribution is 2.26. The SMILES string of the molecule is CCOc1cccc(CNC(=O)CN(c2cc(Cl)cc(Cl)c2)S(C)(=O)=O)c1. The van der Waals surface area contributed by atoms with Gasteiger partial charge in [-0.3, -0.25) is 9.10 Å². The molecule has 0 atom stereocenters. The maximum atomic E-state index is 12.3. The number of ether oxygens (including phenoxy) is 1. The van der Waals surface area contributed by atoms with Crippen LogP contribution in [0.3, 0.4) is 0 Å². The van der Waals surface area contributed by atoms with Crippen molar-refractivity contribution in [3.8, 4) is 5.75 Å². The molecule has 0 fully saturated rings. The van der Waals surface area contributed by atoms with Gasteiger partial charge in [-0.15, -0.1) is 0 Å². The minimum atomic E-state index is -3.71. The molecule has 0 unspecified atom stereocenters. The molecule has 2 aromatic rings. The van der Waals surface area contributed by atoms with E-state index in [1.807, 2.05) is 31.2 Å². The molecular weight excluding hydrogens is 411 g/mol. The Morgan fingerprint density at radius 1 is 1.15 bits per heavy atom.